The molecule has 6 heteroatoms. The number of hydrogen-bond donors (Lipinski definition) is 2. The second-order valence-electron chi connectivity index (χ2n) is 3.51. The molecule has 0 aliphatic carbocycles. The van der Waals surface area contributed by atoms with Crippen molar-refractivity contribution in [3.05, 3.63) is 11.3 Å². The van der Waals surface area contributed by atoms with E-state index in [2.05, 4.69) is 0 Å². The first kappa shape index (κ1) is 12.1. The summed E-state index contributed by atoms with van der Waals surface area (Å²) in [6.07, 6.45) is 1.80. The summed E-state index contributed by atoms with van der Waals surface area (Å²) in [5.74, 6) is -1.41. The highest BCUT2D eigenvalue weighted by molar-refractivity contribution is 7.99. The van der Waals surface area contributed by atoms with E-state index in [1.165, 1.54) is 16.7 Å². The van der Waals surface area contributed by atoms with Gasteiger partial charge < -0.3 is 10.8 Å². The lowest BCUT2D eigenvalue weighted by Crippen LogP contribution is -2.67. The van der Waals surface area contributed by atoms with E-state index in [-0.39, 0.29) is 17.0 Å². The number of aliphatic carboxylic acids is 1. The molecule has 5 nitrogen and oxygen atoms in total. The molecule has 0 radical (unpaired) electrons. The predicted molar refractivity (Wildman–Crippen MR) is 58.1 cm³/mol. The van der Waals surface area contributed by atoms with E-state index >= 15 is 0 Å². The fraction of sp³-hybridized carbons (Fsp3) is 0.556. The van der Waals surface area contributed by atoms with Crippen molar-refractivity contribution in [1.29, 1.82) is 0 Å². The van der Waals surface area contributed by atoms with Crippen LogP contribution in [0, 0.1) is 0 Å². The molecule has 1 aliphatic rings. The van der Waals surface area contributed by atoms with Crippen LogP contribution in [0.5, 0.6) is 0 Å². The molecule has 0 unspecified atom stereocenters. The molecule has 0 aromatic carbocycles. The van der Waals surface area contributed by atoms with E-state index < -0.39 is 12.0 Å². The number of β-lactam (4-membered cyclic amide) rings is 1. The average Bonchev–Trinajstić information content (AvgIpc) is 2.15. The zero-order chi connectivity index (χ0) is 11.7. The number of carboxylic acids is 1. The summed E-state index contributed by atoms with van der Waals surface area (Å²) in [5, 5.41) is 8.73. The topological polar surface area (TPSA) is 83.6 Å². The Hall–Kier alpha value is -1.01. The van der Waals surface area contributed by atoms with E-state index in [0.29, 0.717) is 5.57 Å². The molecule has 0 spiro atoms. The third kappa shape index (κ3) is 1.87. The minimum absolute atomic E-state index is 0.0426. The summed E-state index contributed by atoms with van der Waals surface area (Å²) in [7, 11) is 0. The number of nitrogens with two attached hydrogens (primary N) is 1. The van der Waals surface area contributed by atoms with E-state index in [9.17, 15) is 9.59 Å². The number of thioether (sulfide) groups is 1. The lowest BCUT2D eigenvalue weighted by atomic mass is 10.1. The van der Waals surface area contributed by atoms with Crippen LogP contribution in [0.15, 0.2) is 11.3 Å². The molecular weight excluding hydrogens is 216 g/mol. The molecule has 15 heavy (non-hydrogen) atoms. The Kier molecular flexibility index (Phi) is 3.41. The first-order chi connectivity index (χ1) is 6.91. The molecule has 1 amide bonds. The van der Waals surface area contributed by atoms with Crippen LogP contribution in [0.1, 0.15) is 13.8 Å². The Labute approximate surface area is 92.3 Å². The largest absolute Gasteiger partial charge is 0.477 e. The molecule has 0 aromatic rings. The normalized spacial score (nSPS) is 24.8. The summed E-state index contributed by atoms with van der Waals surface area (Å²) < 4.78 is 0. The van der Waals surface area contributed by atoms with Crippen LogP contribution in [0.2, 0.25) is 0 Å². The standard InChI is InChI=1S/C9H14N2O3S/c1-4(2)6(9(13)14)11-7(12)5(10)8(11)15-3/h5,8H,10H2,1-3H3,(H,13,14)/t5-,8-/m1/s1. The summed E-state index contributed by atoms with van der Waals surface area (Å²) in [4.78, 5) is 23.7. The van der Waals surface area contributed by atoms with E-state index in [1.54, 1.807) is 20.1 Å². The summed E-state index contributed by atoms with van der Waals surface area (Å²) in [6, 6.07) is -0.589. The lowest BCUT2D eigenvalue weighted by molar-refractivity contribution is -0.147. The van der Waals surface area contributed by atoms with Gasteiger partial charge in [-0.2, -0.15) is 0 Å². The highest BCUT2D eigenvalue weighted by atomic mass is 32.2. The quantitative estimate of drug-likeness (QED) is 0.535. The van der Waals surface area contributed by atoms with Gasteiger partial charge in [0, 0.05) is 0 Å². The van der Waals surface area contributed by atoms with Gasteiger partial charge in [0.25, 0.3) is 0 Å². The molecule has 0 aromatic heterocycles. The minimum atomic E-state index is -1.09. The van der Waals surface area contributed by atoms with Crippen molar-refractivity contribution in [3.8, 4) is 0 Å². The smallest absolute Gasteiger partial charge is 0.352 e. The Morgan fingerprint density at radius 3 is 2.40 bits per heavy atom. The van der Waals surface area contributed by atoms with Gasteiger partial charge in [-0.15, -0.1) is 11.8 Å². The van der Waals surface area contributed by atoms with Crippen LogP contribution in [0.3, 0.4) is 0 Å². The maximum absolute atomic E-state index is 11.5. The van der Waals surface area contributed by atoms with Crippen LogP contribution in [0.25, 0.3) is 0 Å². The number of amides is 1. The number of carbonyl (C=O) groups excluding carboxylic acids is 1. The molecule has 84 valence electrons. The third-order valence-electron chi connectivity index (χ3n) is 2.24. The van der Waals surface area contributed by atoms with Gasteiger partial charge in [-0.1, -0.05) is 0 Å². The first-order valence-corrected chi connectivity index (χ1v) is 5.72. The summed E-state index contributed by atoms with van der Waals surface area (Å²) in [6.45, 7) is 3.33. The second kappa shape index (κ2) is 4.24. The Balaban J connectivity index is 3.02. The molecule has 0 bridgehead atoms. The molecule has 3 N–H and O–H groups in total. The molecule has 1 saturated heterocycles. The highest BCUT2D eigenvalue weighted by Gasteiger charge is 2.48. The van der Waals surface area contributed by atoms with Gasteiger partial charge in [0.1, 0.15) is 17.1 Å². The lowest BCUT2D eigenvalue weighted by Gasteiger charge is -2.44. The Bertz CT molecular complexity index is 336. The van der Waals surface area contributed by atoms with Gasteiger partial charge in [-0.05, 0) is 25.7 Å². The van der Waals surface area contributed by atoms with Crippen molar-refractivity contribution in [3.63, 3.8) is 0 Å². The van der Waals surface area contributed by atoms with Gasteiger partial charge in [-0.3, -0.25) is 9.69 Å². The van der Waals surface area contributed by atoms with Crippen molar-refractivity contribution >= 4 is 23.6 Å². The SMILES string of the molecule is CS[C@@H]1[C@H](N)C(=O)N1C(C(=O)O)=C(C)C. The Morgan fingerprint density at radius 1 is 1.53 bits per heavy atom. The number of rotatable bonds is 3. The fourth-order valence-electron chi connectivity index (χ4n) is 1.53. The maximum Gasteiger partial charge on any atom is 0.352 e. The summed E-state index contributed by atoms with van der Waals surface area (Å²) >= 11 is 1.38. The molecule has 1 aliphatic heterocycles. The van der Waals surface area contributed by atoms with Crippen molar-refractivity contribution in [2.75, 3.05) is 6.26 Å². The number of carboxylic acid groups (broad SMARTS) is 1. The van der Waals surface area contributed by atoms with Crippen molar-refractivity contribution in [1.82, 2.24) is 4.90 Å². The molecular formula is C9H14N2O3S. The number of nitrogens with zero attached hydrogens (tertiary/aromatic N) is 1. The van der Waals surface area contributed by atoms with Crippen LogP contribution in [0.4, 0.5) is 0 Å². The van der Waals surface area contributed by atoms with Gasteiger partial charge in [0.2, 0.25) is 5.91 Å². The highest BCUT2D eigenvalue weighted by Crippen LogP contribution is 2.32. The van der Waals surface area contributed by atoms with Gasteiger partial charge >= 0.3 is 5.97 Å². The minimum Gasteiger partial charge on any atom is -0.477 e. The zero-order valence-electron chi connectivity index (χ0n) is 8.85. The van der Waals surface area contributed by atoms with Crippen LogP contribution >= 0.6 is 11.8 Å². The average molecular weight is 230 g/mol. The number of allylic oxidation sites excluding steroid dienone is 1. The van der Waals surface area contributed by atoms with Crippen LogP contribution < -0.4 is 5.73 Å². The van der Waals surface area contributed by atoms with Crippen LogP contribution in [-0.4, -0.2) is 39.6 Å². The molecule has 1 rings (SSSR count). The van der Waals surface area contributed by atoms with Crippen molar-refractivity contribution < 1.29 is 14.7 Å². The second-order valence-corrected chi connectivity index (χ2v) is 4.47. The number of hydrogen-bond acceptors (Lipinski definition) is 4. The van der Waals surface area contributed by atoms with E-state index in [0.717, 1.165) is 0 Å². The van der Waals surface area contributed by atoms with Crippen molar-refractivity contribution in [2.45, 2.75) is 25.3 Å². The first-order valence-electron chi connectivity index (χ1n) is 4.44. The Morgan fingerprint density at radius 2 is 2.07 bits per heavy atom. The summed E-state index contributed by atoms with van der Waals surface area (Å²) in [5.41, 5.74) is 6.22. The number of likely N-dealkylation sites (tertiary alicyclic amines) is 1. The fourth-order valence-corrected chi connectivity index (χ4v) is 2.36. The van der Waals surface area contributed by atoms with Crippen molar-refractivity contribution in [2.24, 2.45) is 5.73 Å². The maximum atomic E-state index is 11.5. The third-order valence-corrected chi connectivity index (χ3v) is 3.23. The van der Waals surface area contributed by atoms with Crippen LogP contribution in [-0.2, 0) is 9.59 Å². The van der Waals surface area contributed by atoms with Gasteiger partial charge in [0.05, 0.1) is 0 Å². The molecule has 1 fully saturated rings. The molecule has 0 saturated carbocycles. The van der Waals surface area contributed by atoms with E-state index in [4.69, 9.17) is 10.8 Å². The van der Waals surface area contributed by atoms with Gasteiger partial charge in [-0.25, -0.2) is 4.79 Å². The zero-order valence-corrected chi connectivity index (χ0v) is 9.67. The monoisotopic (exact) mass is 230 g/mol. The molecule has 2 atom stereocenters. The van der Waals surface area contributed by atoms with Gasteiger partial charge in [0.15, 0.2) is 0 Å². The number of carbonyl (C=O) groups is 2. The molecule has 1 heterocycles. The van der Waals surface area contributed by atoms with E-state index in [1.807, 2.05) is 0 Å². The predicted octanol–water partition coefficient (Wildman–Crippen LogP) is 0.223.